The number of anilines is 1. The largest absolute Gasteiger partial charge is 0.378 e. The highest BCUT2D eigenvalue weighted by atomic mass is 16.5. The quantitative estimate of drug-likeness (QED) is 0.562. The average molecular weight is 493 g/mol. The van der Waals surface area contributed by atoms with Gasteiger partial charge in [0, 0.05) is 79.5 Å². The van der Waals surface area contributed by atoms with Crippen LogP contribution in [-0.2, 0) is 29.2 Å². The van der Waals surface area contributed by atoms with Crippen molar-refractivity contribution in [1.29, 1.82) is 0 Å². The summed E-state index contributed by atoms with van der Waals surface area (Å²) < 4.78 is 5.77. The molecule has 0 N–H and O–H groups in total. The number of carbonyl (C=O) groups excluding carboxylic acids is 2. The number of rotatable bonds is 8. The summed E-state index contributed by atoms with van der Waals surface area (Å²) in [4.78, 5) is 39.6. The van der Waals surface area contributed by atoms with Gasteiger partial charge in [-0.2, -0.15) is 0 Å². The fraction of sp³-hybridized carbons (Fsp3) is 0.519. The Hall–Kier alpha value is -3.17. The number of fused-ring (bicyclic) bond motifs is 1. The van der Waals surface area contributed by atoms with Crippen LogP contribution in [0, 0.1) is 0 Å². The molecule has 0 bridgehead atoms. The fourth-order valence-electron chi connectivity index (χ4n) is 5.39. The summed E-state index contributed by atoms with van der Waals surface area (Å²) in [6.45, 7) is 9.89. The van der Waals surface area contributed by atoms with Crippen molar-refractivity contribution in [3.8, 4) is 0 Å². The summed E-state index contributed by atoms with van der Waals surface area (Å²) >= 11 is 0. The molecule has 3 aliphatic rings. The number of nitrogens with zero attached hydrogens (tertiary/aromatic N) is 6. The molecule has 3 amide bonds. The van der Waals surface area contributed by atoms with Crippen LogP contribution >= 0.6 is 0 Å². The molecular weight excluding hydrogens is 456 g/mol. The number of hydrogen-bond donors (Lipinski definition) is 0. The number of amides is 3. The minimum Gasteiger partial charge on any atom is -0.378 e. The van der Waals surface area contributed by atoms with E-state index in [0.717, 1.165) is 57.2 Å². The lowest BCUT2D eigenvalue weighted by atomic mass is 10.1. The number of carbonyl (C=O) groups is 2. The lowest BCUT2D eigenvalue weighted by Gasteiger charge is -2.35. The Morgan fingerprint density at radius 1 is 0.944 bits per heavy atom. The summed E-state index contributed by atoms with van der Waals surface area (Å²) in [5.74, 6) is 0.130. The van der Waals surface area contributed by atoms with E-state index in [2.05, 4.69) is 45.1 Å². The lowest BCUT2D eigenvalue weighted by Crippen LogP contribution is -2.48. The van der Waals surface area contributed by atoms with Crippen molar-refractivity contribution in [3.05, 3.63) is 59.4 Å². The van der Waals surface area contributed by atoms with E-state index in [1.807, 2.05) is 27.0 Å². The molecule has 4 heterocycles. The predicted octanol–water partition coefficient (Wildman–Crippen LogP) is 2.02. The van der Waals surface area contributed by atoms with Crippen molar-refractivity contribution >= 4 is 17.6 Å². The molecule has 3 aliphatic heterocycles. The lowest BCUT2D eigenvalue weighted by molar-refractivity contribution is -0.129. The highest BCUT2D eigenvalue weighted by Crippen LogP contribution is 2.23. The van der Waals surface area contributed by atoms with Crippen LogP contribution in [0.3, 0.4) is 0 Å². The minimum absolute atomic E-state index is 0.0240. The number of aromatic nitrogens is 1. The first kappa shape index (κ1) is 24.5. The van der Waals surface area contributed by atoms with Crippen LogP contribution in [0.5, 0.6) is 0 Å². The predicted molar refractivity (Wildman–Crippen MR) is 137 cm³/mol. The van der Waals surface area contributed by atoms with Gasteiger partial charge in [-0.1, -0.05) is 24.3 Å². The summed E-state index contributed by atoms with van der Waals surface area (Å²) in [5, 5.41) is 0. The molecule has 9 nitrogen and oxygen atoms in total. The standard InChI is InChI=1S/C27H36N6O3/c1-21(34)30-9-11-31(12-10-30)25-8-7-24(28-15-25)18-32-13-14-33(27(32)35)20-26(36-2)19-29-16-22-5-3-4-6-23(22)17-29/h3-8,15,26H,9-14,16-20H2,1-2H3. The minimum atomic E-state index is -0.0240. The highest BCUT2D eigenvalue weighted by molar-refractivity contribution is 5.76. The number of ether oxygens (including phenoxy) is 1. The van der Waals surface area contributed by atoms with Gasteiger partial charge in [0.1, 0.15) is 0 Å². The first-order chi connectivity index (χ1) is 17.5. The zero-order valence-corrected chi connectivity index (χ0v) is 21.3. The Balaban J connectivity index is 1.10. The van der Waals surface area contributed by atoms with E-state index >= 15 is 0 Å². The van der Waals surface area contributed by atoms with Gasteiger partial charge >= 0.3 is 6.03 Å². The zero-order chi connectivity index (χ0) is 25.1. The van der Waals surface area contributed by atoms with Gasteiger partial charge in [0.15, 0.2) is 0 Å². The molecule has 5 rings (SSSR count). The number of methoxy groups -OCH3 is 1. The Morgan fingerprint density at radius 2 is 1.64 bits per heavy atom. The van der Waals surface area contributed by atoms with Crippen LogP contribution in [0.15, 0.2) is 42.6 Å². The maximum atomic E-state index is 13.1. The Labute approximate surface area is 213 Å². The molecule has 2 saturated heterocycles. The third kappa shape index (κ3) is 5.47. The van der Waals surface area contributed by atoms with Crippen molar-refractivity contribution in [2.45, 2.75) is 32.7 Å². The second-order valence-corrected chi connectivity index (χ2v) is 9.95. The molecule has 2 fully saturated rings. The third-order valence-corrected chi connectivity index (χ3v) is 7.56. The maximum Gasteiger partial charge on any atom is 0.320 e. The van der Waals surface area contributed by atoms with E-state index in [0.29, 0.717) is 26.2 Å². The molecule has 192 valence electrons. The van der Waals surface area contributed by atoms with Gasteiger partial charge in [0.2, 0.25) is 5.91 Å². The molecule has 0 saturated carbocycles. The average Bonchev–Trinajstić information content (AvgIpc) is 3.47. The topological polar surface area (TPSA) is 72.5 Å². The molecule has 36 heavy (non-hydrogen) atoms. The number of pyridine rings is 1. The summed E-state index contributed by atoms with van der Waals surface area (Å²) in [7, 11) is 1.73. The summed E-state index contributed by atoms with van der Waals surface area (Å²) in [6.07, 6.45) is 1.86. The molecule has 1 aromatic heterocycles. The number of urea groups is 1. The van der Waals surface area contributed by atoms with E-state index in [-0.39, 0.29) is 18.0 Å². The number of hydrogen-bond acceptors (Lipinski definition) is 6. The van der Waals surface area contributed by atoms with Crippen molar-refractivity contribution in [2.24, 2.45) is 0 Å². The van der Waals surface area contributed by atoms with Crippen LogP contribution < -0.4 is 4.90 Å². The van der Waals surface area contributed by atoms with Gasteiger partial charge in [0.05, 0.1) is 30.2 Å². The molecule has 0 spiro atoms. The van der Waals surface area contributed by atoms with Gasteiger partial charge in [-0.3, -0.25) is 14.7 Å². The van der Waals surface area contributed by atoms with Crippen LogP contribution in [-0.4, -0.2) is 102 Å². The molecule has 0 aliphatic carbocycles. The van der Waals surface area contributed by atoms with E-state index in [1.165, 1.54) is 11.1 Å². The normalized spacial score (nSPS) is 19.2. The van der Waals surface area contributed by atoms with E-state index in [1.54, 1.807) is 14.0 Å². The molecule has 0 radical (unpaired) electrons. The molecule has 1 aromatic carbocycles. The van der Waals surface area contributed by atoms with E-state index in [4.69, 9.17) is 4.74 Å². The molecule has 1 unspecified atom stereocenters. The van der Waals surface area contributed by atoms with Gasteiger partial charge < -0.3 is 24.3 Å². The Kier molecular flexibility index (Phi) is 7.38. The summed E-state index contributed by atoms with van der Waals surface area (Å²) in [5.41, 5.74) is 4.71. The Bertz CT molecular complexity index is 1040. The summed E-state index contributed by atoms with van der Waals surface area (Å²) in [6, 6.07) is 12.7. The van der Waals surface area contributed by atoms with E-state index < -0.39 is 0 Å². The van der Waals surface area contributed by atoms with Crippen molar-refractivity contribution < 1.29 is 14.3 Å². The third-order valence-electron chi connectivity index (χ3n) is 7.56. The van der Waals surface area contributed by atoms with Crippen molar-refractivity contribution in [2.75, 3.05) is 64.4 Å². The van der Waals surface area contributed by atoms with Crippen LogP contribution in [0.25, 0.3) is 0 Å². The second-order valence-electron chi connectivity index (χ2n) is 9.95. The Morgan fingerprint density at radius 3 is 2.25 bits per heavy atom. The van der Waals surface area contributed by atoms with Crippen molar-refractivity contribution in [3.63, 3.8) is 0 Å². The second kappa shape index (κ2) is 10.8. The zero-order valence-electron chi connectivity index (χ0n) is 21.3. The monoisotopic (exact) mass is 492 g/mol. The van der Waals surface area contributed by atoms with Crippen molar-refractivity contribution in [1.82, 2.24) is 24.6 Å². The molecular formula is C27H36N6O3. The first-order valence-corrected chi connectivity index (χ1v) is 12.8. The SMILES string of the molecule is COC(CN1Cc2ccccc2C1)CN1CCN(Cc2ccc(N3CCN(C(C)=O)CC3)cn2)C1=O. The van der Waals surface area contributed by atoms with Gasteiger partial charge in [-0.15, -0.1) is 0 Å². The van der Waals surface area contributed by atoms with Crippen LogP contribution in [0.2, 0.25) is 0 Å². The highest BCUT2D eigenvalue weighted by Gasteiger charge is 2.31. The van der Waals surface area contributed by atoms with Crippen LogP contribution in [0.1, 0.15) is 23.7 Å². The fourth-order valence-corrected chi connectivity index (χ4v) is 5.39. The first-order valence-electron chi connectivity index (χ1n) is 12.8. The van der Waals surface area contributed by atoms with Gasteiger partial charge in [0.25, 0.3) is 0 Å². The van der Waals surface area contributed by atoms with Gasteiger partial charge in [-0.05, 0) is 23.3 Å². The van der Waals surface area contributed by atoms with E-state index in [9.17, 15) is 9.59 Å². The number of benzene rings is 1. The van der Waals surface area contributed by atoms with Crippen LogP contribution in [0.4, 0.5) is 10.5 Å². The molecule has 2 aromatic rings. The molecule has 1 atom stereocenters. The maximum absolute atomic E-state index is 13.1. The van der Waals surface area contributed by atoms with Gasteiger partial charge in [-0.25, -0.2) is 4.79 Å². The molecule has 9 heteroatoms. The number of piperazine rings is 1. The smallest absolute Gasteiger partial charge is 0.320 e.